The summed E-state index contributed by atoms with van der Waals surface area (Å²) in [7, 11) is 0. The predicted octanol–water partition coefficient (Wildman–Crippen LogP) is 0.810. The van der Waals surface area contributed by atoms with Gasteiger partial charge in [0.15, 0.2) is 11.4 Å². The van der Waals surface area contributed by atoms with E-state index in [-0.39, 0.29) is 17.3 Å². The number of carbonyl (C=O) groups excluding carboxylic acids is 1. The van der Waals surface area contributed by atoms with Gasteiger partial charge in [0, 0.05) is 13.1 Å². The molecule has 0 saturated carbocycles. The number of carbonyl (C=O) groups is 1. The molecule has 1 aromatic rings. The Morgan fingerprint density at radius 2 is 2.06 bits per heavy atom. The Hall–Kier alpha value is -2.34. The summed E-state index contributed by atoms with van der Waals surface area (Å²) in [6.07, 6.45) is 3.43. The van der Waals surface area contributed by atoms with Gasteiger partial charge < -0.3 is 9.47 Å². The van der Waals surface area contributed by atoms with Crippen LogP contribution in [0.1, 0.15) is 37.2 Å². The molecular formula is C12H13N5O. The molecule has 1 amide bonds. The highest BCUT2D eigenvalue weighted by Gasteiger charge is 2.26. The van der Waals surface area contributed by atoms with E-state index in [0.29, 0.717) is 0 Å². The number of amides is 1. The van der Waals surface area contributed by atoms with E-state index in [4.69, 9.17) is 10.5 Å². The van der Waals surface area contributed by atoms with Crippen LogP contribution in [0.25, 0.3) is 0 Å². The first-order valence-corrected chi connectivity index (χ1v) is 5.85. The second-order valence-corrected chi connectivity index (χ2v) is 4.28. The molecule has 18 heavy (non-hydrogen) atoms. The highest BCUT2D eigenvalue weighted by molar-refractivity contribution is 5.80. The molecule has 6 heteroatoms. The molecule has 92 valence electrons. The van der Waals surface area contributed by atoms with Crippen molar-refractivity contribution < 1.29 is 4.79 Å². The highest BCUT2D eigenvalue weighted by Crippen LogP contribution is 2.18. The summed E-state index contributed by atoms with van der Waals surface area (Å²) >= 11 is 0. The van der Waals surface area contributed by atoms with Gasteiger partial charge >= 0.3 is 0 Å². The van der Waals surface area contributed by atoms with E-state index in [2.05, 4.69) is 4.98 Å². The summed E-state index contributed by atoms with van der Waals surface area (Å²) < 4.78 is 1.47. The molecule has 2 rings (SSSR count). The predicted molar refractivity (Wildman–Crippen MR) is 62.2 cm³/mol. The van der Waals surface area contributed by atoms with Crippen molar-refractivity contribution in [2.24, 2.45) is 0 Å². The van der Waals surface area contributed by atoms with Crippen molar-refractivity contribution in [1.82, 2.24) is 14.5 Å². The molecule has 0 N–H and O–H groups in total. The Labute approximate surface area is 105 Å². The van der Waals surface area contributed by atoms with Crippen LogP contribution >= 0.6 is 0 Å². The van der Waals surface area contributed by atoms with E-state index in [0.717, 1.165) is 25.9 Å². The second-order valence-electron chi connectivity index (χ2n) is 4.28. The summed E-state index contributed by atoms with van der Waals surface area (Å²) in [5.74, 6) is -0.0223. The van der Waals surface area contributed by atoms with Crippen molar-refractivity contribution in [1.29, 1.82) is 10.5 Å². The normalized spacial score (nSPS) is 16.1. The average Bonchev–Trinajstić information content (AvgIpc) is 3.04. The van der Waals surface area contributed by atoms with Crippen LogP contribution in [0.5, 0.6) is 0 Å². The van der Waals surface area contributed by atoms with Gasteiger partial charge in [0.1, 0.15) is 18.2 Å². The van der Waals surface area contributed by atoms with Crippen molar-refractivity contribution >= 4 is 5.91 Å². The number of rotatable bonds is 2. The third-order valence-corrected chi connectivity index (χ3v) is 3.20. The lowest BCUT2D eigenvalue weighted by Gasteiger charge is -2.21. The van der Waals surface area contributed by atoms with E-state index in [1.807, 2.05) is 12.1 Å². The van der Waals surface area contributed by atoms with Gasteiger partial charge in [-0.15, -0.1) is 0 Å². The number of nitriles is 2. The molecule has 1 aromatic heterocycles. The van der Waals surface area contributed by atoms with Gasteiger partial charge in [0.25, 0.3) is 0 Å². The van der Waals surface area contributed by atoms with E-state index >= 15 is 0 Å². The summed E-state index contributed by atoms with van der Waals surface area (Å²) in [4.78, 5) is 17.8. The first-order chi connectivity index (χ1) is 8.69. The van der Waals surface area contributed by atoms with Gasteiger partial charge in [-0.3, -0.25) is 4.79 Å². The zero-order valence-electron chi connectivity index (χ0n) is 10.1. The monoisotopic (exact) mass is 243 g/mol. The molecule has 2 heterocycles. The van der Waals surface area contributed by atoms with Crippen LogP contribution in [0, 0.1) is 22.7 Å². The molecule has 6 nitrogen and oxygen atoms in total. The maximum atomic E-state index is 12.2. The molecule has 0 spiro atoms. The molecule has 1 fully saturated rings. The topological polar surface area (TPSA) is 85.7 Å². The first-order valence-electron chi connectivity index (χ1n) is 5.85. The van der Waals surface area contributed by atoms with E-state index in [1.165, 1.54) is 10.9 Å². The minimum atomic E-state index is -0.493. The van der Waals surface area contributed by atoms with Gasteiger partial charge in [-0.25, -0.2) is 4.98 Å². The molecule has 1 atom stereocenters. The number of likely N-dealkylation sites (tertiary alicyclic amines) is 1. The molecular weight excluding hydrogens is 230 g/mol. The average molecular weight is 243 g/mol. The van der Waals surface area contributed by atoms with Crippen LogP contribution < -0.4 is 0 Å². The number of aromatic nitrogens is 2. The summed E-state index contributed by atoms with van der Waals surface area (Å²) in [6, 6.07) is 3.29. The standard InChI is InChI=1S/C12H13N5O/c1-9(12(18)16-4-2-3-5-16)17-8-15-10(6-13)11(17)7-14/h8-9H,2-5H2,1H3. The van der Waals surface area contributed by atoms with Gasteiger partial charge in [0.2, 0.25) is 5.91 Å². The molecule has 1 saturated heterocycles. The van der Waals surface area contributed by atoms with Crippen LogP contribution in [0.4, 0.5) is 0 Å². The maximum Gasteiger partial charge on any atom is 0.245 e. The molecule has 0 aliphatic carbocycles. The smallest absolute Gasteiger partial charge is 0.245 e. The molecule has 0 bridgehead atoms. The van der Waals surface area contributed by atoms with Crippen LogP contribution in [-0.2, 0) is 4.79 Å². The van der Waals surface area contributed by atoms with Gasteiger partial charge in [-0.05, 0) is 19.8 Å². The lowest BCUT2D eigenvalue weighted by molar-refractivity contribution is -0.133. The molecule has 1 aliphatic rings. The van der Waals surface area contributed by atoms with Gasteiger partial charge in [0.05, 0.1) is 6.33 Å². The number of imidazole rings is 1. The zero-order chi connectivity index (χ0) is 13.1. The zero-order valence-corrected chi connectivity index (χ0v) is 10.1. The van der Waals surface area contributed by atoms with Crippen molar-refractivity contribution in [3.8, 4) is 12.1 Å². The largest absolute Gasteiger partial charge is 0.341 e. The molecule has 1 aliphatic heterocycles. The molecule has 0 aromatic carbocycles. The fourth-order valence-electron chi connectivity index (χ4n) is 2.17. The van der Waals surface area contributed by atoms with Crippen LogP contribution in [-0.4, -0.2) is 33.4 Å². The van der Waals surface area contributed by atoms with Crippen molar-refractivity contribution in [3.63, 3.8) is 0 Å². The SMILES string of the molecule is CC(C(=O)N1CCCC1)n1cnc(C#N)c1C#N. The van der Waals surface area contributed by atoms with Crippen LogP contribution in [0.3, 0.4) is 0 Å². The minimum absolute atomic E-state index is 0.0223. The molecule has 1 unspecified atom stereocenters. The fraction of sp³-hybridized carbons (Fsp3) is 0.500. The van der Waals surface area contributed by atoms with Gasteiger partial charge in [-0.2, -0.15) is 10.5 Å². The van der Waals surface area contributed by atoms with Crippen molar-refractivity contribution in [2.45, 2.75) is 25.8 Å². The third-order valence-electron chi connectivity index (χ3n) is 3.20. The quantitative estimate of drug-likeness (QED) is 0.769. The Balaban J connectivity index is 2.26. The first kappa shape index (κ1) is 12.1. The van der Waals surface area contributed by atoms with E-state index < -0.39 is 6.04 Å². The van der Waals surface area contributed by atoms with Gasteiger partial charge in [-0.1, -0.05) is 0 Å². The summed E-state index contributed by atoms with van der Waals surface area (Å²) in [5, 5.41) is 17.9. The Kier molecular flexibility index (Phi) is 3.29. The maximum absolute atomic E-state index is 12.2. The van der Waals surface area contributed by atoms with Crippen molar-refractivity contribution in [2.75, 3.05) is 13.1 Å². The van der Waals surface area contributed by atoms with Crippen LogP contribution in [0.15, 0.2) is 6.33 Å². The summed E-state index contributed by atoms with van der Waals surface area (Å²) in [6.45, 7) is 3.26. The number of nitrogens with zero attached hydrogens (tertiary/aromatic N) is 5. The number of hydrogen-bond donors (Lipinski definition) is 0. The lowest BCUT2D eigenvalue weighted by atomic mass is 10.2. The van der Waals surface area contributed by atoms with Crippen LogP contribution in [0.2, 0.25) is 0 Å². The van der Waals surface area contributed by atoms with Crippen molar-refractivity contribution in [3.05, 3.63) is 17.7 Å². The lowest BCUT2D eigenvalue weighted by Crippen LogP contribution is -2.34. The second kappa shape index (κ2) is 4.89. The van der Waals surface area contributed by atoms with E-state index in [9.17, 15) is 4.79 Å². The Bertz CT molecular complexity index is 542. The van der Waals surface area contributed by atoms with E-state index in [1.54, 1.807) is 11.8 Å². The number of hydrogen-bond acceptors (Lipinski definition) is 4. The fourth-order valence-corrected chi connectivity index (χ4v) is 2.17. The molecule has 0 radical (unpaired) electrons. The summed E-state index contributed by atoms with van der Waals surface area (Å²) in [5.41, 5.74) is 0.219. The highest BCUT2D eigenvalue weighted by atomic mass is 16.2. The Morgan fingerprint density at radius 3 is 2.61 bits per heavy atom. The third kappa shape index (κ3) is 1.93. The Morgan fingerprint density at radius 1 is 1.39 bits per heavy atom. The minimum Gasteiger partial charge on any atom is -0.341 e.